The summed E-state index contributed by atoms with van der Waals surface area (Å²) in [7, 11) is 0. The first-order valence-electron chi connectivity index (χ1n) is 9.07. The fraction of sp³-hybridized carbons (Fsp3) is 0.0909. The predicted octanol–water partition coefficient (Wildman–Crippen LogP) is 3.03. The zero-order chi connectivity index (χ0) is 20.4. The Morgan fingerprint density at radius 2 is 1.83 bits per heavy atom. The molecule has 0 spiro atoms. The van der Waals surface area contributed by atoms with Crippen molar-refractivity contribution >= 4 is 28.3 Å². The minimum Gasteiger partial charge on any atom is -0.324 e. The highest BCUT2D eigenvalue weighted by molar-refractivity contribution is 5.97. The number of fused-ring (bicyclic) bond motifs is 1. The first-order chi connectivity index (χ1) is 14.0. The van der Waals surface area contributed by atoms with Gasteiger partial charge in [0.2, 0.25) is 5.91 Å². The standard InChI is InChI=1S/C22H18N4O3/c1-15(27)17-6-4-7-18(13-17)23-21(28)14-26-22(29)10-9-20(24-26)25-12-11-16-5-2-3-8-19(16)25/h2-13H,14H2,1H3,(H,23,28). The van der Waals surface area contributed by atoms with Crippen molar-refractivity contribution in [3.63, 3.8) is 0 Å². The maximum Gasteiger partial charge on any atom is 0.267 e. The van der Waals surface area contributed by atoms with Crippen molar-refractivity contribution in [2.75, 3.05) is 5.32 Å². The smallest absolute Gasteiger partial charge is 0.267 e. The van der Waals surface area contributed by atoms with Crippen LogP contribution in [0.2, 0.25) is 0 Å². The fourth-order valence-electron chi connectivity index (χ4n) is 3.12. The molecule has 0 saturated carbocycles. The lowest BCUT2D eigenvalue weighted by molar-refractivity contribution is -0.117. The molecule has 0 bridgehead atoms. The predicted molar refractivity (Wildman–Crippen MR) is 110 cm³/mol. The van der Waals surface area contributed by atoms with E-state index >= 15 is 0 Å². The van der Waals surface area contributed by atoms with Crippen LogP contribution in [0.25, 0.3) is 16.7 Å². The number of nitrogens with one attached hydrogen (secondary N) is 1. The molecule has 4 rings (SSSR count). The minimum atomic E-state index is -0.408. The number of aromatic nitrogens is 3. The Bertz CT molecular complexity index is 1290. The van der Waals surface area contributed by atoms with E-state index < -0.39 is 5.91 Å². The van der Waals surface area contributed by atoms with E-state index in [1.54, 1.807) is 30.3 Å². The molecule has 1 N–H and O–H groups in total. The molecule has 0 aliphatic rings. The molecule has 0 atom stereocenters. The van der Waals surface area contributed by atoms with E-state index in [0.717, 1.165) is 15.6 Å². The van der Waals surface area contributed by atoms with Gasteiger partial charge in [-0.15, -0.1) is 0 Å². The molecule has 0 saturated heterocycles. The first kappa shape index (κ1) is 18.4. The van der Waals surface area contributed by atoms with Gasteiger partial charge in [-0.2, -0.15) is 5.10 Å². The van der Waals surface area contributed by atoms with Gasteiger partial charge in [0.15, 0.2) is 11.6 Å². The van der Waals surface area contributed by atoms with Crippen molar-refractivity contribution in [3.05, 3.63) is 88.8 Å². The van der Waals surface area contributed by atoms with Crippen LogP contribution in [0.4, 0.5) is 5.69 Å². The molecule has 0 aliphatic carbocycles. The van der Waals surface area contributed by atoms with E-state index in [0.29, 0.717) is 17.1 Å². The maximum absolute atomic E-state index is 12.4. The van der Waals surface area contributed by atoms with E-state index in [-0.39, 0.29) is 17.9 Å². The van der Waals surface area contributed by atoms with Crippen molar-refractivity contribution in [1.82, 2.24) is 14.3 Å². The highest BCUT2D eigenvalue weighted by Crippen LogP contribution is 2.18. The number of hydrogen-bond acceptors (Lipinski definition) is 4. The second kappa shape index (κ2) is 7.55. The molecule has 4 aromatic rings. The molecule has 7 nitrogen and oxygen atoms in total. The summed E-state index contributed by atoms with van der Waals surface area (Å²) in [5.41, 5.74) is 1.57. The summed E-state index contributed by atoms with van der Waals surface area (Å²) in [4.78, 5) is 36.1. The average Bonchev–Trinajstić information content (AvgIpc) is 3.14. The van der Waals surface area contributed by atoms with Crippen LogP contribution in [0.15, 0.2) is 77.7 Å². The lowest BCUT2D eigenvalue weighted by atomic mass is 10.1. The fourth-order valence-corrected chi connectivity index (χ4v) is 3.12. The molecule has 0 unspecified atom stereocenters. The van der Waals surface area contributed by atoms with Crippen LogP contribution in [-0.4, -0.2) is 26.0 Å². The molecule has 144 valence electrons. The van der Waals surface area contributed by atoms with Gasteiger partial charge < -0.3 is 5.32 Å². The Hall–Kier alpha value is -4.00. The second-order valence-electron chi connectivity index (χ2n) is 6.62. The van der Waals surface area contributed by atoms with Gasteiger partial charge >= 0.3 is 0 Å². The molecule has 2 heterocycles. The van der Waals surface area contributed by atoms with Gasteiger partial charge in [-0.1, -0.05) is 30.3 Å². The van der Waals surface area contributed by atoms with E-state index in [1.165, 1.54) is 13.0 Å². The molecular weight excluding hydrogens is 368 g/mol. The van der Waals surface area contributed by atoms with Crippen molar-refractivity contribution < 1.29 is 9.59 Å². The Labute approximate surface area is 166 Å². The van der Waals surface area contributed by atoms with Crippen LogP contribution in [0, 0.1) is 0 Å². The summed E-state index contributed by atoms with van der Waals surface area (Å²) in [5, 5.41) is 8.09. The van der Waals surface area contributed by atoms with Crippen LogP contribution >= 0.6 is 0 Å². The molecule has 2 aromatic heterocycles. The van der Waals surface area contributed by atoms with Gasteiger partial charge in [-0.25, -0.2) is 4.68 Å². The summed E-state index contributed by atoms with van der Waals surface area (Å²) in [5.74, 6) is 0.0395. The first-order valence-corrected chi connectivity index (χ1v) is 9.07. The Kier molecular flexibility index (Phi) is 4.78. The van der Waals surface area contributed by atoms with E-state index in [9.17, 15) is 14.4 Å². The van der Waals surface area contributed by atoms with Gasteiger partial charge in [0.25, 0.3) is 5.56 Å². The molecular formula is C22H18N4O3. The highest BCUT2D eigenvalue weighted by atomic mass is 16.2. The van der Waals surface area contributed by atoms with E-state index in [2.05, 4.69) is 10.4 Å². The SMILES string of the molecule is CC(=O)c1cccc(NC(=O)Cn2nc(-n3ccc4ccccc43)ccc2=O)c1. The van der Waals surface area contributed by atoms with Gasteiger partial charge in [0.05, 0.1) is 5.52 Å². The number of carbonyl (C=O) groups is 2. The number of ketones is 1. The summed E-state index contributed by atoms with van der Waals surface area (Å²) < 4.78 is 2.98. The number of Topliss-reactive ketones (excluding diaryl/α,β-unsaturated/α-hetero) is 1. The molecule has 7 heteroatoms. The Balaban J connectivity index is 1.58. The number of hydrogen-bond donors (Lipinski definition) is 1. The highest BCUT2D eigenvalue weighted by Gasteiger charge is 2.10. The van der Waals surface area contributed by atoms with E-state index in [1.807, 2.05) is 41.1 Å². The second-order valence-corrected chi connectivity index (χ2v) is 6.62. The van der Waals surface area contributed by atoms with Gasteiger partial charge in [0.1, 0.15) is 6.54 Å². The zero-order valence-corrected chi connectivity index (χ0v) is 15.7. The van der Waals surface area contributed by atoms with E-state index in [4.69, 9.17) is 0 Å². The third kappa shape index (κ3) is 3.84. The number of carbonyl (C=O) groups excluding carboxylic acids is 2. The summed E-state index contributed by atoms with van der Waals surface area (Å²) in [6, 6.07) is 19.4. The summed E-state index contributed by atoms with van der Waals surface area (Å²) in [6.45, 7) is 1.22. The molecule has 0 fully saturated rings. The largest absolute Gasteiger partial charge is 0.324 e. The van der Waals surface area contributed by atoms with Gasteiger partial charge in [-0.3, -0.25) is 19.0 Å². The number of benzene rings is 2. The number of nitrogens with zero attached hydrogens (tertiary/aromatic N) is 3. The summed E-state index contributed by atoms with van der Waals surface area (Å²) in [6.07, 6.45) is 1.87. The third-order valence-electron chi connectivity index (χ3n) is 4.55. The van der Waals surface area contributed by atoms with Gasteiger partial charge in [-0.05, 0) is 42.6 Å². The zero-order valence-electron chi connectivity index (χ0n) is 15.7. The maximum atomic E-state index is 12.4. The minimum absolute atomic E-state index is 0.0920. The van der Waals surface area contributed by atoms with Crippen LogP contribution in [0.5, 0.6) is 0 Å². The van der Waals surface area contributed by atoms with Crippen LogP contribution in [0.3, 0.4) is 0 Å². The monoisotopic (exact) mass is 386 g/mol. The molecule has 0 radical (unpaired) electrons. The van der Waals surface area contributed by atoms with Crippen molar-refractivity contribution in [2.45, 2.75) is 13.5 Å². The van der Waals surface area contributed by atoms with Crippen molar-refractivity contribution in [2.24, 2.45) is 0 Å². The third-order valence-corrected chi connectivity index (χ3v) is 4.55. The Morgan fingerprint density at radius 1 is 1.00 bits per heavy atom. The number of rotatable bonds is 5. The van der Waals surface area contributed by atoms with Gasteiger partial charge in [0, 0.05) is 23.5 Å². The topological polar surface area (TPSA) is 86.0 Å². The van der Waals surface area contributed by atoms with Crippen molar-refractivity contribution in [3.8, 4) is 5.82 Å². The molecule has 2 aromatic carbocycles. The van der Waals surface area contributed by atoms with Crippen LogP contribution in [-0.2, 0) is 11.3 Å². The van der Waals surface area contributed by atoms with Crippen molar-refractivity contribution in [1.29, 1.82) is 0 Å². The van der Waals surface area contributed by atoms with Crippen LogP contribution < -0.4 is 10.9 Å². The number of para-hydroxylation sites is 1. The average molecular weight is 386 g/mol. The quantitative estimate of drug-likeness (QED) is 0.534. The molecule has 29 heavy (non-hydrogen) atoms. The Morgan fingerprint density at radius 3 is 2.66 bits per heavy atom. The number of anilines is 1. The number of amides is 1. The lowest BCUT2D eigenvalue weighted by Crippen LogP contribution is -2.29. The van der Waals surface area contributed by atoms with Crippen LogP contribution in [0.1, 0.15) is 17.3 Å². The molecule has 0 aliphatic heterocycles. The molecule has 1 amide bonds. The normalized spacial score (nSPS) is 10.8. The lowest BCUT2D eigenvalue weighted by Gasteiger charge is -2.10. The summed E-state index contributed by atoms with van der Waals surface area (Å²) >= 11 is 0.